The SMILES string of the molecule is CC(c1ccc(C(=O)N(C2CC2)C2CCN(C3CCCC3)CC2)cc1)C(F)(F)F. The first-order valence-corrected chi connectivity index (χ1v) is 11.1. The number of likely N-dealkylation sites (tertiary alicyclic amines) is 1. The summed E-state index contributed by atoms with van der Waals surface area (Å²) in [6.07, 6.45) is 5.09. The molecule has 2 saturated carbocycles. The number of piperidine rings is 1. The first-order chi connectivity index (χ1) is 13.8. The van der Waals surface area contributed by atoms with Crippen LogP contribution in [-0.4, -0.2) is 53.1 Å². The third-order valence-corrected chi connectivity index (χ3v) is 7.06. The van der Waals surface area contributed by atoms with Gasteiger partial charge in [0.05, 0.1) is 5.92 Å². The summed E-state index contributed by atoms with van der Waals surface area (Å²) in [6, 6.07) is 7.34. The van der Waals surface area contributed by atoms with Gasteiger partial charge < -0.3 is 9.80 Å². The zero-order chi connectivity index (χ0) is 20.6. The van der Waals surface area contributed by atoms with Gasteiger partial charge >= 0.3 is 6.18 Å². The van der Waals surface area contributed by atoms with E-state index in [1.807, 2.05) is 4.90 Å². The van der Waals surface area contributed by atoms with Crippen molar-refractivity contribution < 1.29 is 18.0 Å². The molecule has 1 amide bonds. The molecule has 1 unspecified atom stereocenters. The lowest BCUT2D eigenvalue weighted by Gasteiger charge is -2.41. The van der Waals surface area contributed by atoms with E-state index >= 15 is 0 Å². The number of carbonyl (C=O) groups is 1. The number of hydrogen-bond acceptors (Lipinski definition) is 2. The fraction of sp³-hybridized carbons (Fsp3) is 0.696. The fourth-order valence-electron chi connectivity index (χ4n) is 5.03. The summed E-state index contributed by atoms with van der Waals surface area (Å²) in [5.74, 6) is -1.54. The number of rotatable bonds is 5. The maximum Gasteiger partial charge on any atom is 0.395 e. The molecule has 1 heterocycles. The largest absolute Gasteiger partial charge is 0.395 e. The quantitative estimate of drug-likeness (QED) is 0.654. The van der Waals surface area contributed by atoms with E-state index < -0.39 is 12.1 Å². The Bertz CT molecular complexity index is 700. The number of hydrogen-bond donors (Lipinski definition) is 0. The van der Waals surface area contributed by atoms with Gasteiger partial charge in [0.25, 0.3) is 5.91 Å². The molecule has 1 atom stereocenters. The van der Waals surface area contributed by atoms with E-state index in [1.165, 1.54) is 37.8 Å². The van der Waals surface area contributed by atoms with E-state index in [1.54, 1.807) is 12.1 Å². The minimum atomic E-state index is -4.27. The summed E-state index contributed by atoms with van der Waals surface area (Å²) in [5, 5.41) is 0. The molecule has 160 valence electrons. The molecule has 3 fully saturated rings. The van der Waals surface area contributed by atoms with Crippen LogP contribution in [0.5, 0.6) is 0 Å². The molecule has 6 heteroatoms. The van der Waals surface area contributed by atoms with Crippen LogP contribution in [0.3, 0.4) is 0 Å². The third-order valence-electron chi connectivity index (χ3n) is 7.06. The standard InChI is InChI=1S/C23H31F3N2O/c1-16(23(24,25)26)17-6-8-18(9-7-17)22(29)28(20-10-11-20)21-12-14-27(15-13-21)19-4-2-3-5-19/h6-9,16,19-21H,2-5,10-15H2,1H3. The average molecular weight is 409 g/mol. The van der Waals surface area contributed by atoms with Crippen molar-refractivity contribution in [1.82, 2.24) is 9.80 Å². The van der Waals surface area contributed by atoms with Gasteiger partial charge in [0.2, 0.25) is 0 Å². The summed E-state index contributed by atoms with van der Waals surface area (Å²) in [7, 11) is 0. The molecule has 3 nitrogen and oxygen atoms in total. The molecule has 3 aliphatic rings. The van der Waals surface area contributed by atoms with Crippen LogP contribution in [0, 0.1) is 0 Å². The molecule has 4 rings (SSSR count). The first-order valence-electron chi connectivity index (χ1n) is 11.1. The number of alkyl halides is 3. The molecule has 0 radical (unpaired) electrons. The van der Waals surface area contributed by atoms with Crippen molar-refractivity contribution in [3.05, 3.63) is 35.4 Å². The maximum atomic E-state index is 13.2. The van der Waals surface area contributed by atoms with Crippen LogP contribution in [-0.2, 0) is 0 Å². The molecular weight excluding hydrogens is 377 g/mol. The molecule has 0 bridgehead atoms. The highest BCUT2D eigenvalue weighted by molar-refractivity contribution is 5.95. The molecule has 0 aromatic heterocycles. The third kappa shape index (κ3) is 4.62. The summed E-state index contributed by atoms with van der Waals surface area (Å²) in [6.45, 7) is 3.26. The number of nitrogens with zero attached hydrogens (tertiary/aromatic N) is 2. The van der Waals surface area contributed by atoms with Gasteiger partial charge in [-0.2, -0.15) is 13.2 Å². The van der Waals surface area contributed by atoms with Gasteiger partial charge in [-0.25, -0.2) is 0 Å². The molecule has 1 saturated heterocycles. The molecule has 2 aliphatic carbocycles. The highest BCUT2D eigenvalue weighted by Gasteiger charge is 2.40. The summed E-state index contributed by atoms with van der Waals surface area (Å²) in [4.78, 5) is 17.9. The normalized spacial score (nSPS) is 23.3. The molecular formula is C23H31F3N2O. The van der Waals surface area contributed by atoms with Crippen LogP contribution in [0.1, 0.15) is 80.1 Å². The molecule has 0 N–H and O–H groups in total. The van der Waals surface area contributed by atoms with Crippen molar-refractivity contribution >= 4 is 5.91 Å². The van der Waals surface area contributed by atoms with E-state index in [0.29, 0.717) is 11.6 Å². The Morgan fingerprint density at radius 1 is 0.966 bits per heavy atom. The predicted molar refractivity (Wildman–Crippen MR) is 107 cm³/mol. The van der Waals surface area contributed by atoms with E-state index in [-0.39, 0.29) is 17.5 Å². The van der Waals surface area contributed by atoms with Crippen molar-refractivity contribution in [3.8, 4) is 0 Å². The second-order valence-corrected chi connectivity index (χ2v) is 9.03. The Balaban J connectivity index is 1.42. The van der Waals surface area contributed by atoms with Gasteiger partial charge in [-0.1, -0.05) is 25.0 Å². The van der Waals surface area contributed by atoms with Crippen molar-refractivity contribution in [2.75, 3.05) is 13.1 Å². The maximum absolute atomic E-state index is 13.2. The van der Waals surface area contributed by atoms with Gasteiger partial charge in [0.15, 0.2) is 0 Å². The smallest absolute Gasteiger partial charge is 0.333 e. The van der Waals surface area contributed by atoms with Crippen LogP contribution >= 0.6 is 0 Å². The Morgan fingerprint density at radius 3 is 2.03 bits per heavy atom. The highest BCUT2D eigenvalue weighted by Crippen LogP contribution is 2.36. The lowest BCUT2D eigenvalue weighted by Crippen LogP contribution is -2.50. The lowest BCUT2D eigenvalue weighted by molar-refractivity contribution is -0.146. The predicted octanol–water partition coefficient (Wildman–Crippen LogP) is 5.36. The van der Waals surface area contributed by atoms with E-state index in [0.717, 1.165) is 51.7 Å². The van der Waals surface area contributed by atoms with Crippen LogP contribution in [0.15, 0.2) is 24.3 Å². The Hall–Kier alpha value is -1.56. The van der Waals surface area contributed by atoms with Gasteiger partial charge in [-0.3, -0.25) is 4.79 Å². The summed E-state index contributed by atoms with van der Waals surface area (Å²) >= 11 is 0. The van der Waals surface area contributed by atoms with E-state index in [2.05, 4.69) is 4.90 Å². The minimum absolute atomic E-state index is 0.0157. The summed E-state index contributed by atoms with van der Waals surface area (Å²) < 4.78 is 38.8. The molecule has 1 aliphatic heterocycles. The van der Waals surface area contributed by atoms with Gasteiger partial charge in [-0.05, 0) is 63.1 Å². The molecule has 1 aromatic rings. The number of benzene rings is 1. The van der Waals surface area contributed by atoms with Gasteiger partial charge in [0.1, 0.15) is 0 Å². The minimum Gasteiger partial charge on any atom is -0.333 e. The number of amides is 1. The Morgan fingerprint density at radius 2 is 1.52 bits per heavy atom. The zero-order valence-corrected chi connectivity index (χ0v) is 17.1. The van der Waals surface area contributed by atoms with Crippen molar-refractivity contribution in [2.45, 2.75) is 88.5 Å². The molecule has 29 heavy (non-hydrogen) atoms. The Kier molecular flexibility index (Phi) is 5.92. The molecule has 0 spiro atoms. The van der Waals surface area contributed by atoms with Gasteiger partial charge in [-0.15, -0.1) is 0 Å². The second-order valence-electron chi connectivity index (χ2n) is 9.03. The monoisotopic (exact) mass is 408 g/mol. The number of carbonyl (C=O) groups excluding carboxylic acids is 1. The summed E-state index contributed by atoms with van der Waals surface area (Å²) in [5.41, 5.74) is 0.713. The highest BCUT2D eigenvalue weighted by atomic mass is 19.4. The zero-order valence-electron chi connectivity index (χ0n) is 17.1. The van der Waals surface area contributed by atoms with Gasteiger partial charge in [0, 0.05) is 36.8 Å². The van der Waals surface area contributed by atoms with E-state index in [9.17, 15) is 18.0 Å². The first kappa shape index (κ1) is 20.7. The second kappa shape index (κ2) is 8.29. The Labute approximate surface area is 171 Å². The molecule has 1 aromatic carbocycles. The van der Waals surface area contributed by atoms with Crippen molar-refractivity contribution in [3.63, 3.8) is 0 Å². The fourth-order valence-corrected chi connectivity index (χ4v) is 5.03. The van der Waals surface area contributed by atoms with E-state index in [4.69, 9.17) is 0 Å². The van der Waals surface area contributed by atoms with Crippen molar-refractivity contribution in [1.29, 1.82) is 0 Å². The van der Waals surface area contributed by atoms with Crippen LogP contribution in [0.25, 0.3) is 0 Å². The average Bonchev–Trinajstić information content (AvgIpc) is 3.39. The van der Waals surface area contributed by atoms with Crippen LogP contribution < -0.4 is 0 Å². The van der Waals surface area contributed by atoms with Crippen LogP contribution in [0.2, 0.25) is 0 Å². The number of halogens is 3. The lowest BCUT2D eigenvalue weighted by atomic mass is 9.97. The van der Waals surface area contributed by atoms with Crippen LogP contribution in [0.4, 0.5) is 13.2 Å². The topological polar surface area (TPSA) is 23.6 Å². The van der Waals surface area contributed by atoms with Crippen molar-refractivity contribution in [2.24, 2.45) is 0 Å².